The Kier molecular flexibility index (Phi) is 4.32. The van der Waals surface area contributed by atoms with Gasteiger partial charge in [0.1, 0.15) is 0 Å². The summed E-state index contributed by atoms with van der Waals surface area (Å²) in [7, 11) is 0. The van der Waals surface area contributed by atoms with Crippen LogP contribution in [-0.2, 0) is 0 Å². The lowest BCUT2D eigenvalue weighted by Gasteiger charge is -2.19. The number of hydrogen-bond donors (Lipinski definition) is 1. The largest absolute Gasteiger partial charge is 0.315 e. The highest BCUT2D eigenvalue weighted by Gasteiger charge is 2.13. The van der Waals surface area contributed by atoms with Gasteiger partial charge in [0.25, 0.3) is 0 Å². The normalized spacial score (nSPS) is 14.6. The number of aromatic nitrogens is 1. The summed E-state index contributed by atoms with van der Waals surface area (Å²) in [6.07, 6.45) is 3.02. The van der Waals surface area contributed by atoms with Gasteiger partial charge >= 0.3 is 0 Å². The Morgan fingerprint density at radius 3 is 2.72 bits per heavy atom. The molecule has 0 aliphatic carbocycles. The molecule has 0 aliphatic heterocycles. The maximum Gasteiger partial charge on any atom is 0.0736 e. The van der Waals surface area contributed by atoms with E-state index in [1.807, 2.05) is 12.3 Å². The molecule has 0 bridgehead atoms. The Bertz CT molecular complexity index is 502. The molecular formula is C16H22N2. The molecular weight excluding hydrogens is 220 g/mol. The summed E-state index contributed by atoms with van der Waals surface area (Å²) in [4.78, 5) is 4.54. The second kappa shape index (κ2) is 5.96. The molecule has 0 fully saturated rings. The molecule has 0 amide bonds. The molecule has 2 heteroatoms. The highest BCUT2D eigenvalue weighted by atomic mass is 14.9. The average molecular weight is 242 g/mol. The molecule has 2 nitrogen and oxygen atoms in total. The Morgan fingerprint density at radius 2 is 1.94 bits per heavy atom. The van der Waals surface area contributed by atoms with Crippen LogP contribution in [0, 0.1) is 0 Å². The predicted octanol–water partition coefficient (Wildman–Crippen LogP) is 3.73. The van der Waals surface area contributed by atoms with Gasteiger partial charge < -0.3 is 5.32 Å². The maximum absolute atomic E-state index is 4.54. The smallest absolute Gasteiger partial charge is 0.0736 e. The fraction of sp³-hybridized carbons (Fsp3) is 0.438. The molecule has 2 rings (SSSR count). The SMILES string of the molecule is CCNC(C)CC(C)c1cccc2cccnc12. The van der Waals surface area contributed by atoms with E-state index in [2.05, 4.69) is 55.3 Å². The highest BCUT2D eigenvalue weighted by molar-refractivity contribution is 5.81. The third kappa shape index (κ3) is 2.88. The van der Waals surface area contributed by atoms with Gasteiger partial charge in [-0.3, -0.25) is 4.98 Å². The minimum atomic E-state index is 0.526. The van der Waals surface area contributed by atoms with Crippen molar-refractivity contribution >= 4 is 10.9 Å². The quantitative estimate of drug-likeness (QED) is 0.864. The maximum atomic E-state index is 4.54. The molecule has 1 aromatic carbocycles. The van der Waals surface area contributed by atoms with Gasteiger partial charge in [-0.05, 0) is 37.4 Å². The van der Waals surface area contributed by atoms with Crippen LogP contribution in [0.15, 0.2) is 36.5 Å². The minimum absolute atomic E-state index is 0.526. The van der Waals surface area contributed by atoms with E-state index in [9.17, 15) is 0 Å². The van der Waals surface area contributed by atoms with E-state index in [1.54, 1.807) is 0 Å². The number of benzene rings is 1. The third-order valence-corrected chi connectivity index (χ3v) is 3.45. The molecule has 0 saturated heterocycles. The summed E-state index contributed by atoms with van der Waals surface area (Å²) in [6.45, 7) is 7.72. The molecule has 1 heterocycles. The van der Waals surface area contributed by atoms with Crippen LogP contribution in [0.25, 0.3) is 10.9 Å². The molecule has 0 radical (unpaired) electrons. The molecule has 0 saturated carbocycles. The molecule has 0 spiro atoms. The van der Waals surface area contributed by atoms with Gasteiger partial charge in [0, 0.05) is 17.6 Å². The van der Waals surface area contributed by atoms with Crippen LogP contribution in [0.3, 0.4) is 0 Å². The molecule has 96 valence electrons. The molecule has 2 aromatic rings. The van der Waals surface area contributed by atoms with E-state index < -0.39 is 0 Å². The second-order valence-electron chi connectivity index (χ2n) is 5.02. The van der Waals surface area contributed by atoms with Crippen molar-refractivity contribution in [3.8, 4) is 0 Å². The van der Waals surface area contributed by atoms with Crippen molar-refractivity contribution in [2.45, 2.75) is 39.2 Å². The monoisotopic (exact) mass is 242 g/mol. The first-order chi connectivity index (χ1) is 8.72. The Hall–Kier alpha value is -1.41. The number of para-hydroxylation sites is 1. The Morgan fingerprint density at radius 1 is 1.17 bits per heavy atom. The van der Waals surface area contributed by atoms with Crippen LogP contribution in [0.2, 0.25) is 0 Å². The molecule has 0 aliphatic rings. The minimum Gasteiger partial charge on any atom is -0.315 e. The van der Waals surface area contributed by atoms with Crippen molar-refractivity contribution in [1.82, 2.24) is 10.3 Å². The first kappa shape index (κ1) is 13.0. The lowest BCUT2D eigenvalue weighted by atomic mass is 9.92. The summed E-state index contributed by atoms with van der Waals surface area (Å²) in [5.41, 5.74) is 2.51. The van der Waals surface area contributed by atoms with Crippen LogP contribution in [-0.4, -0.2) is 17.6 Å². The first-order valence-electron chi connectivity index (χ1n) is 6.79. The molecule has 2 unspecified atom stereocenters. The van der Waals surface area contributed by atoms with Gasteiger partial charge in [0.2, 0.25) is 0 Å². The first-order valence-corrected chi connectivity index (χ1v) is 6.79. The van der Waals surface area contributed by atoms with Crippen molar-refractivity contribution in [1.29, 1.82) is 0 Å². The van der Waals surface area contributed by atoms with Gasteiger partial charge in [-0.1, -0.05) is 38.1 Å². The van der Waals surface area contributed by atoms with Crippen LogP contribution in [0.4, 0.5) is 0 Å². The molecule has 2 atom stereocenters. The van der Waals surface area contributed by atoms with Crippen molar-refractivity contribution in [3.05, 3.63) is 42.1 Å². The zero-order chi connectivity index (χ0) is 13.0. The second-order valence-corrected chi connectivity index (χ2v) is 5.02. The molecule has 1 aromatic heterocycles. The van der Waals surface area contributed by atoms with Crippen molar-refractivity contribution in [2.24, 2.45) is 0 Å². The van der Waals surface area contributed by atoms with E-state index in [1.165, 1.54) is 10.9 Å². The van der Waals surface area contributed by atoms with E-state index in [0.29, 0.717) is 12.0 Å². The van der Waals surface area contributed by atoms with Crippen molar-refractivity contribution < 1.29 is 0 Å². The molecule has 1 N–H and O–H groups in total. The Balaban J connectivity index is 2.24. The van der Waals surface area contributed by atoms with Gasteiger partial charge in [-0.15, -0.1) is 0 Å². The average Bonchev–Trinajstić information content (AvgIpc) is 2.38. The lowest BCUT2D eigenvalue weighted by molar-refractivity contribution is 0.492. The topological polar surface area (TPSA) is 24.9 Å². The van der Waals surface area contributed by atoms with E-state index in [0.717, 1.165) is 18.5 Å². The third-order valence-electron chi connectivity index (χ3n) is 3.45. The van der Waals surface area contributed by atoms with Crippen molar-refractivity contribution in [2.75, 3.05) is 6.54 Å². The number of nitrogens with zero attached hydrogens (tertiary/aromatic N) is 1. The van der Waals surface area contributed by atoms with Gasteiger partial charge in [-0.25, -0.2) is 0 Å². The van der Waals surface area contributed by atoms with E-state index >= 15 is 0 Å². The lowest BCUT2D eigenvalue weighted by Crippen LogP contribution is -2.27. The fourth-order valence-corrected chi connectivity index (χ4v) is 2.61. The number of hydrogen-bond acceptors (Lipinski definition) is 2. The molecule has 18 heavy (non-hydrogen) atoms. The summed E-state index contributed by atoms with van der Waals surface area (Å²) in [5.74, 6) is 0.526. The van der Waals surface area contributed by atoms with E-state index in [4.69, 9.17) is 0 Å². The van der Waals surface area contributed by atoms with Crippen LogP contribution < -0.4 is 5.32 Å². The number of fused-ring (bicyclic) bond motifs is 1. The summed E-state index contributed by atoms with van der Waals surface area (Å²) in [5, 5.41) is 4.71. The number of nitrogens with one attached hydrogen (secondary N) is 1. The van der Waals surface area contributed by atoms with Gasteiger partial charge in [0.15, 0.2) is 0 Å². The van der Waals surface area contributed by atoms with Gasteiger partial charge in [0.05, 0.1) is 5.52 Å². The summed E-state index contributed by atoms with van der Waals surface area (Å²) in [6, 6.07) is 11.1. The van der Waals surface area contributed by atoms with Crippen LogP contribution in [0.1, 0.15) is 38.7 Å². The standard InChI is InChI=1S/C16H22N2/c1-4-17-13(3)11-12(2)15-9-5-7-14-8-6-10-18-16(14)15/h5-10,12-13,17H,4,11H2,1-3H3. The summed E-state index contributed by atoms with van der Waals surface area (Å²) < 4.78 is 0. The fourth-order valence-electron chi connectivity index (χ4n) is 2.61. The zero-order valence-corrected chi connectivity index (χ0v) is 11.5. The Labute approximate surface area is 109 Å². The highest BCUT2D eigenvalue weighted by Crippen LogP contribution is 2.26. The zero-order valence-electron chi connectivity index (χ0n) is 11.5. The number of rotatable bonds is 5. The van der Waals surface area contributed by atoms with Crippen molar-refractivity contribution in [3.63, 3.8) is 0 Å². The van der Waals surface area contributed by atoms with Gasteiger partial charge in [-0.2, -0.15) is 0 Å². The summed E-state index contributed by atoms with van der Waals surface area (Å²) >= 11 is 0. The number of pyridine rings is 1. The van der Waals surface area contributed by atoms with E-state index in [-0.39, 0.29) is 0 Å². The predicted molar refractivity (Wildman–Crippen MR) is 77.9 cm³/mol. The van der Waals surface area contributed by atoms with Crippen LogP contribution in [0.5, 0.6) is 0 Å². The van der Waals surface area contributed by atoms with Crippen LogP contribution >= 0.6 is 0 Å².